The normalized spacial score (nSPS) is 13.7. The van der Waals surface area contributed by atoms with Crippen LogP contribution in [0.2, 0.25) is 0 Å². The van der Waals surface area contributed by atoms with Gasteiger partial charge in [-0.3, -0.25) is 19.3 Å². The molecule has 2 amide bonds. The summed E-state index contributed by atoms with van der Waals surface area (Å²) in [6, 6.07) is 3.30. The first-order chi connectivity index (χ1) is 9.47. The Labute approximate surface area is 117 Å². The minimum Gasteiger partial charge on any atom is -0.496 e. The number of rotatable bonds is 2. The number of amides is 2. The number of carbonyl (C=O) groups is 3. The summed E-state index contributed by atoms with van der Waals surface area (Å²) >= 11 is 0. The highest BCUT2D eigenvalue weighted by atomic mass is 16.5. The monoisotopic (exact) mass is 275 g/mol. The minimum atomic E-state index is -0.400. The zero-order valence-corrected chi connectivity index (χ0v) is 11.9. The molecule has 0 fully saturated rings. The van der Waals surface area contributed by atoms with Crippen molar-refractivity contribution in [3.05, 3.63) is 23.3 Å². The molecule has 0 N–H and O–H groups in total. The Hall–Kier alpha value is -2.17. The number of benzene rings is 1. The van der Waals surface area contributed by atoms with E-state index in [0.29, 0.717) is 29.8 Å². The maximum Gasteiger partial charge on any atom is 0.230 e. The summed E-state index contributed by atoms with van der Waals surface area (Å²) in [5.41, 5.74) is 1.60. The summed E-state index contributed by atoms with van der Waals surface area (Å²) in [6.07, 6.45) is 1.89. The highest BCUT2D eigenvalue weighted by molar-refractivity contribution is 6.17. The number of Topliss-reactive ketones (excluding diaryl/α,β-unsaturated/α-hetero) is 1. The van der Waals surface area contributed by atoms with Crippen LogP contribution in [-0.4, -0.2) is 24.7 Å². The second-order valence-corrected chi connectivity index (χ2v) is 4.79. The van der Waals surface area contributed by atoms with Gasteiger partial charge in [-0.05, 0) is 25.0 Å². The van der Waals surface area contributed by atoms with Crippen LogP contribution in [0.1, 0.15) is 42.6 Å². The number of ether oxygens (including phenoxy) is 1. The SMILES string of the molecule is COc1ccc(N(C(C)=O)C(C)=O)c2c1CCCC2=O. The summed E-state index contributed by atoms with van der Waals surface area (Å²) in [4.78, 5) is 36.7. The Kier molecular flexibility index (Phi) is 3.88. The van der Waals surface area contributed by atoms with E-state index in [4.69, 9.17) is 4.74 Å². The van der Waals surface area contributed by atoms with E-state index in [1.807, 2.05) is 0 Å². The lowest BCUT2D eigenvalue weighted by atomic mass is 9.88. The quantitative estimate of drug-likeness (QED) is 0.829. The van der Waals surface area contributed by atoms with E-state index in [0.717, 1.165) is 16.9 Å². The number of carbonyl (C=O) groups excluding carboxylic acids is 3. The molecule has 0 saturated heterocycles. The fraction of sp³-hybridized carbons (Fsp3) is 0.400. The number of methoxy groups -OCH3 is 1. The van der Waals surface area contributed by atoms with Crippen molar-refractivity contribution in [2.45, 2.75) is 33.1 Å². The number of hydrogen-bond donors (Lipinski definition) is 0. The summed E-state index contributed by atoms with van der Waals surface area (Å²) in [5.74, 6) is -0.219. The lowest BCUT2D eigenvalue weighted by Crippen LogP contribution is -2.35. The van der Waals surface area contributed by atoms with Crippen LogP contribution >= 0.6 is 0 Å². The zero-order valence-electron chi connectivity index (χ0n) is 11.9. The van der Waals surface area contributed by atoms with Crippen molar-refractivity contribution in [2.75, 3.05) is 12.0 Å². The molecule has 0 aliphatic heterocycles. The Bertz CT molecular complexity index is 578. The predicted molar refractivity (Wildman–Crippen MR) is 74.1 cm³/mol. The van der Waals surface area contributed by atoms with Crippen LogP contribution in [-0.2, 0) is 16.0 Å². The summed E-state index contributed by atoms with van der Waals surface area (Å²) in [6.45, 7) is 2.62. The van der Waals surface area contributed by atoms with Crippen LogP contribution in [0.4, 0.5) is 5.69 Å². The van der Waals surface area contributed by atoms with Crippen molar-refractivity contribution in [3.8, 4) is 5.75 Å². The van der Waals surface area contributed by atoms with E-state index >= 15 is 0 Å². The highest BCUT2D eigenvalue weighted by Gasteiger charge is 2.29. The van der Waals surface area contributed by atoms with Crippen LogP contribution in [0.5, 0.6) is 5.75 Å². The maximum absolute atomic E-state index is 12.2. The Balaban J connectivity index is 2.68. The van der Waals surface area contributed by atoms with Crippen LogP contribution in [0.3, 0.4) is 0 Å². The largest absolute Gasteiger partial charge is 0.496 e. The number of nitrogens with zero attached hydrogens (tertiary/aromatic N) is 1. The molecule has 20 heavy (non-hydrogen) atoms. The molecule has 0 bridgehead atoms. The molecule has 1 aromatic carbocycles. The molecule has 5 heteroatoms. The topological polar surface area (TPSA) is 63.7 Å². The van der Waals surface area contributed by atoms with Crippen LogP contribution < -0.4 is 9.64 Å². The Morgan fingerprint density at radius 3 is 2.35 bits per heavy atom. The van der Waals surface area contributed by atoms with Gasteiger partial charge < -0.3 is 4.74 Å². The van der Waals surface area contributed by atoms with Gasteiger partial charge in [-0.1, -0.05) is 0 Å². The van der Waals surface area contributed by atoms with Crippen LogP contribution in [0, 0.1) is 0 Å². The van der Waals surface area contributed by atoms with E-state index < -0.39 is 11.8 Å². The molecule has 1 aliphatic rings. The molecule has 106 valence electrons. The van der Waals surface area contributed by atoms with E-state index in [-0.39, 0.29) is 5.78 Å². The molecule has 2 rings (SSSR count). The van der Waals surface area contributed by atoms with Gasteiger partial charge in [0.1, 0.15) is 5.75 Å². The van der Waals surface area contributed by atoms with E-state index in [9.17, 15) is 14.4 Å². The molecule has 0 radical (unpaired) electrons. The molecule has 1 aliphatic carbocycles. The molecule has 0 atom stereocenters. The van der Waals surface area contributed by atoms with Gasteiger partial charge >= 0.3 is 0 Å². The minimum absolute atomic E-state index is 0.0485. The van der Waals surface area contributed by atoms with Gasteiger partial charge in [0, 0.05) is 31.4 Å². The molecule has 0 saturated carbocycles. The van der Waals surface area contributed by atoms with Crippen LogP contribution in [0.15, 0.2) is 12.1 Å². The molecular weight excluding hydrogens is 258 g/mol. The van der Waals surface area contributed by atoms with E-state index in [1.54, 1.807) is 19.2 Å². The Morgan fingerprint density at radius 1 is 1.15 bits per heavy atom. The van der Waals surface area contributed by atoms with Gasteiger partial charge in [0.15, 0.2) is 5.78 Å². The first kappa shape index (κ1) is 14.2. The average Bonchev–Trinajstić information content (AvgIpc) is 2.38. The molecule has 5 nitrogen and oxygen atoms in total. The van der Waals surface area contributed by atoms with Crippen molar-refractivity contribution in [1.82, 2.24) is 0 Å². The first-order valence-corrected chi connectivity index (χ1v) is 6.51. The Morgan fingerprint density at radius 2 is 1.80 bits per heavy atom. The van der Waals surface area contributed by atoms with Gasteiger partial charge in [0.25, 0.3) is 0 Å². The smallest absolute Gasteiger partial charge is 0.230 e. The second-order valence-electron chi connectivity index (χ2n) is 4.79. The second kappa shape index (κ2) is 5.45. The summed E-state index contributed by atoms with van der Waals surface area (Å²) < 4.78 is 5.28. The highest BCUT2D eigenvalue weighted by Crippen LogP contribution is 2.36. The van der Waals surface area contributed by atoms with Gasteiger partial charge in [-0.2, -0.15) is 0 Å². The number of imide groups is 1. The van der Waals surface area contributed by atoms with E-state index in [1.165, 1.54) is 13.8 Å². The number of hydrogen-bond acceptors (Lipinski definition) is 4. The predicted octanol–water partition coefficient (Wildman–Crippen LogP) is 2.11. The fourth-order valence-corrected chi connectivity index (χ4v) is 2.66. The fourth-order valence-electron chi connectivity index (χ4n) is 2.66. The zero-order chi connectivity index (χ0) is 14.9. The summed E-state index contributed by atoms with van der Waals surface area (Å²) in [5, 5.41) is 0. The lowest BCUT2D eigenvalue weighted by molar-refractivity contribution is -0.124. The third kappa shape index (κ3) is 2.31. The average molecular weight is 275 g/mol. The van der Waals surface area contributed by atoms with Gasteiger partial charge in [-0.25, -0.2) is 0 Å². The van der Waals surface area contributed by atoms with Crippen molar-refractivity contribution in [1.29, 1.82) is 0 Å². The number of ketones is 1. The van der Waals surface area contributed by atoms with E-state index in [2.05, 4.69) is 0 Å². The first-order valence-electron chi connectivity index (χ1n) is 6.51. The molecule has 0 spiro atoms. The van der Waals surface area contributed by atoms with Crippen molar-refractivity contribution < 1.29 is 19.1 Å². The lowest BCUT2D eigenvalue weighted by Gasteiger charge is -2.25. The van der Waals surface area contributed by atoms with Crippen LogP contribution in [0.25, 0.3) is 0 Å². The summed E-state index contributed by atoms with van der Waals surface area (Å²) in [7, 11) is 1.54. The number of anilines is 1. The van der Waals surface area contributed by atoms with Gasteiger partial charge in [0.2, 0.25) is 11.8 Å². The maximum atomic E-state index is 12.2. The van der Waals surface area contributed by atoms with Crippen molar-refractivity contribution in [2.24, 2.45) is 0 Å². The molecular formula is C15H17NO4. The third-order valence-corrected chi connectivity index (χ3v) is 3.45. The standard InChI is InChI=1S/C15H17NO4/c1-9(17)16(10(2)18)12-7-8-14(20-3)11-5-4-6-13(19)15(11)12/h7-8H,4-6H2,1-3H3. The molecule has 1 aromatic rings. The molecule has 0 heterocycles. The van der Waals surface area contributed by atoms with Crippen molar-refractivity contribution in [3.63, 3.8) is 0 Å². The third-order valence-electron chi connectivity index (χ3n) is 3.45. The van der Waals surface area contributed by atoms with Gasteiger partial charge in [0.05, 0.1) is 12.8 Å². The number of fused-ring (bicyclic) bond motifs is 1. The molecule has 0 unspecified atom stereocenters. The molecule has 0 aromatic heterocycles. The van der Waals surface area contributed by atoms with Gasteiger partial charge in [-0.15, -0.1) is 0 Å². The van der Waals surface area contributed by atoms with Crippen molar-refractivity contribution >= 4 is 23.3 Å².